The number of hydrogen-bond acceptors (Lipinski definition) is 4. The van der Waals surface area contributed by atoms with Gasteiger partial charge in [0.25, 0.3) is 0 Å². The lowest BCUT2D eigenvalue weighted by atomic mass is 9.88. The average Bonchev–Trinajstić information content (AvgIpc) is 3.22. The van der Waals surface area contributed by atoms with Crippen LogP contribution in [-0.4, -0.2) is 28.0 Å². The van der Waals surface area contributed by atoms with Crippen molar-refractivity contribution < 1.29 is 14.3 Å². The second-order valence-corrected chi connectivity index (χ2v) is 8.16. The molecule has 0 fully saturated rings. The van der Waals surface area contributed by atoms with Crippen molar-refractivity contribution in [2.75, 3.05) is 6.61 Å². The van der Waals surface area contributed by atoms with E-state index in [1.807, 2.05) is 66.7 Å². The van der Waals surface area contributed by atoms with Crippen LogP contribution in [0.15, 0.2) is 89.4 Å². The number of rotatable bonds is 5. The van der Waals surface area contributed by atoms with Crippen molar-refractivity contribution >= 4 is 33.6 Å². The predicted molar refractivity (Wildman–Crippen MR) is 126 cm³/mol. The number of carbonyl (C=O) groups excluding carboxylic acids is 2. The van der Waals surface area contributed by atoms with Crippen molar-refractivity contribution in [1.82, 2.24) is 9.78 Å². The van der Waals surface area contributed by atoms with Crippen LogP contribution < -0.4 is 4.74 Å². The van der Waals surface area contributed by atoms with E-state index >= 15 is 0 Å². The van der Waals surface area contributed by atoms with Gasteiger partial charge in [-0.15, -0.1) is 5.10 Å². The Kier molecular flexibility index (Phi) is 5.29. The van der Waals surface area contributed by atoms with Crippen LogP contribution in [0.25, 0.3) is 11.8 Å². The van der Waals surface area contributed by atoms with E-state index < -0.39 is 0 Å². The Balaban J connectivity index is 1.52. The number of aromatic nitrogens is 2. The number of ketones is 2. The summed E-state index contributed by atoms with van der Waals surface area (Å²) in [5.41, 5.74) is 2.89. The monoisotopic (exact) mass is 484 g/mol. The summed E-state index contributed by atoms with van der Waals surface area (Å²) in [5.74, 6) is -0.353. The molecule has 1 aliphatic carbocycles. The molecule has 0 spiro atoms. The molecule has 0 N–H and O–H groups in total. The molecule has 0 radical (unpaired) electrons. The summed E-state index contributed by atoms with van der Waals surface area (Å²) in [7, 11) is 0. The zero-order valence-corrected chi connectivity index (χ0v) is 18.5. The molecule has 0 atom stereocenters. The van der Waals surface area contributed by atoms with Gasteiger partial charge in [-0.05, 0) is 35.9 Å². The van der Waals surface area contributed by atoms with Gasteiger partial charge in [0.2, 0.25) is 17.4 Å². The molecule has 0 saturated heterocycles. The van der Waals surface area contributed by atoms with Crippen LogP contribution in [0.4, 0.5) is 0 Å². The van der Waals surface area contributed by atoms with Crippen LogP contribution in [0.1, 0.15) is 37.5 Å². The van der Waals surface area contributed by atoms with Crippen LogP contribution >= 0.6 is 15.9 Å². The Labute approximate surface area is 193 Å². The van der Waals surface area contributed by atoms with E-state index in [-0.39, 0.29) is 35.3 Å². The summed E-state index contributed by atoms with van der Waals surface area (Å²) in [6.45, 7) is 0.206. The molecule has 5 nitrogen and oxygen atoms in total. The number of halogens is 1. The molecular formula is C26H17BrN2O3. The quantitative estimate of drug-likeness (QED) is 0.330. The molecule has 1 aromatic heterocycles. The van der Waals surface area contributed by atoms with Gasteiger partial charge in [-0.2, -0.15) is 0 Å². The molecule has 0 saturated carbocycles. The molecule has 0 bridgehead atoms. The molecule has 5 rings (SSSR count). The van der Waals surface area contributed by atoms with E-state index in [0.29, 0.717) is 16.8 Å². The van der Waals surface area contributed by atoms with Crippen molar-refractivity contribution in [3.8, 4) is 11.6 Å². The Morgan fingerprint density at radius 1 is 0.844 bits per heavy atom. The molecule has 32 heavy (non-hydrogen) atoms. The van der Waals surface area contributed by atoms with E-state index in [4.69, 9.17) is 4.74 Å². The first-order chi connectivity index (χ1) is 15.6. The largest absolute Gasteiger partial charge is 0.472 e. The van der Waals surface area contributed by atoms with Gasteiger partial charge in [0.15, 0.2) is 0 Å². The van der Waals surface area contributed by atoms with Gasteiger partial charge in [0.1, 0.15) is 17.9 Å². The van der Waals surface area contributed by atoms with Crippen molar-refractivity contribution in [1.29, 1.82) is 0 Å². The van der Waals surface area contributed by atoms with Gasteiger partial charge >= 0.3 is 0 Å². The summed E-state index contributed by atoms with van der Waals surface area (Å²) in [5, 5.41) is 4.51. The van der Waals surface area contributed by atoms with Gasteiger partial charge in [0, 0.05) is 15.6 Å². The predicted octanol–water partition coefficient (Wildman–Crippen LogP) is 5.50. The minimum Gasteiger partial charge on any atom is -0.472 e. The maximum Gasteiger partial charge on any atom is 0.245 e. The molecule has 156 valence electrons. The van der Waals surface area contributed by atoms with E-state index in [9.17, 15) is 9.59 Å². The van der Waals surface area contributed by atoms with E-state index in [1.165, 1.54) is 4.68 Å². The highest BCUT2D eigenvalue weighted by molar-refractivity contribution is 9.10. The fourth-order valence-electron chi connectivity index (χ4n) is 3.70. The summed E-state index contributed by atoms with van der Waals surface area (Å²) in [6.07, 6.45) is 3.77. The highest BCUT2D eigenvalue weighted by Crippen LogP contribution is 2.34. The molecule has 0 unspecified atom stereocenters. The van der Waals surface area contributed by atoms with Crippen LogP contribution in [0.5, 0.6) is 5.88 Å². The van der Waals surface area contributed by atoms with Gasteiger partial charge in [0.05, 0.1) is 5.69 Å². The Morgan fingerprint density at radius 3 is 2.22 bits per heavy atom. The van der Waals surface area contributed by atoms with Crippen molar-refractivity contribution in [2.24, 2.45) is 0 Å². The van der Waals surface area contributed by atoms with Crippen LogP contribution in [0.2, 0.25) is 0 Å². The number of para-hydroxylation sites is 1. The van der Waals surface area contributed by atoms with Crippen molar-refractivity contribution in [3.63, 3.8) is 0 Å². The summed E-state index contributed by atoms with van der Waals surface area (Å²) in [6, 6.07) is 24.0. The Morgan fingerprint density at radius 2 is 1.50 bits per heavy atom. The lowest BCUT2D eigenvalue weighted by molar-refractivity contribution is 0.0973. The first-order valence-corrected chi connectivity index (χ1v) is 10.8. The lowest BCUT2D eigenvalue weighted by Gasteiger charge is -2.15. The number of hydrogen-bond donors (Lipinski definition) is 0. The summed E-state index contributed by atoms with van der Waals surface area (Å²) in [4.78, 5) is 26.6. The second-order valence-electron chi connectivity index (χ2n) is 7.24. The topological polar surface area (TPSA) is 61.2 Å². The number of nitrogens with zero attached hydrogens (tertiary/aromatic N) is 2. The third-order valence-corrected chi connectivity index (χ3v) is 5.74. The smallest absolute Gasteiger partial charge is 0.245 e. The van der Waals surface area contributed by atoms with Crippen LogP contribution in [0.3, 0.4) is 0 Å². The number of ether oxygens (including phenoxy) is 1. The highest BCUT2D eigenvalue weighted by atomic mass is 79.9. The number of fused-ring (bicyclic) bond motifs is 2. The van der Waals surface area contributed by atoms with Crippen molar-refractivity contribution in [2.45, 2.75) is 0 Å². The maximum atomic E-state index is 13.3. The Bertz CT molecular complexity index is 1360. The van der Waals surface area contributed by atoms with Gasteiger partial charge in [-0.1, -0.05) is 76.6 Å². The molecule has 0 aliphatic heterocycles. The minimum atomic E-state index is -0.260. The molecule has 4 aromatic rings. The molecular weight excluding hydrogens is 468 g/mol. The van der Waals surface area contributed by atoms with Gasteiger partial charge < -0.3 is 4.74 Å². The molecule has 0 amide bonds. The van der Waals surface area contributed by atoms with Crippen LogP contribution in [-0.2, 0) is 0 Å². The van der Waals surface area contributed by atoms with Crippen LogP contribution in [0, 0.1) is 0 Å². The zero-order chi connectivity index (χ0) is 22.1. The molecule has 3 aromatic carbocycles. The first-order valence-electron chi connectivity index (χ1n) is 10.1. The first kappa shape index (κ1) is 20.2. The summed E-state index contributed by atoms with van der Waals surface area (Å²) >= 11 is 3.42. The molecule has 1 heterocycles. The standard InChI is InChI=1S/C26H17BrN2O3/c27-18-14-12-17(13-15-18)7-6-16-32-26-22-23(29(28-26)19-8-2-1-3-9-19)25(31)21-11-5-4-10-20(21)24(22)30/h1-15H,16H2/b7-6+. The number of carbonyl (C=O) groups is 2. The van der Waals surface area contributed by atoms with Crippen molar-refractivity contribution in [3.05, 3.63) is 117 Å². The lowest BCUT2D eigenvalue weighted by Crippen LogP contribution is -2.22. The number of benzene rings is 3. The molecule has 1 aliphatic rings. The second kappa shape index (κ2) is 8.40. The fourth-order valence-corrected chi connectivity index (χ4v) is 3.96. The average molecular weight is 485 g/mol. The van der Waals surface area contributed by atoms with Gasteiger partial charge in [-0.25, -0.2) is 4.68 Å². The van der Waals surface area contributed by atoms with Gasteiger partial charge in [-0.3, -0.25) is 9.59 Å². The highest BCUT2D eigenvalue weighted by Gasteiger charge is 2.37. The minimum absolute atomic E-state index is 0.150. The van der Waals surface area contributed by atoms with E-state index in [1.54, 1.807) is 24.3 Å². The Hall–Kier alpha value is -3.77. The molecule has 6 heteroatoms. The zero-order valence-electron chi connectivity index (χ0n) is 16.9. The SMILES string of the molecule is O=C1c2ccccc2C(=O)c2c1c(OC/C=C/c1ccc(Br)cc1)nn2-c1ccccc1. The van der Waals surface area contributed by atoms with E-state index in [2.05, 4.69) is 21.0 Å². The third-order valence-electron chi connectivity index (χ3n) is 5.21. The fraction of sp³-hybridized carbons (Fsp3) is 0.0385. The third kappa shape index (κ3) is 3.59. The maximum absolute atomic E-state index is 13.3. The normalized spacial score (nSPS) is 12.7. The van der Waals surface area contributed by atoms with E-state index in [0.717, 1.165) is 10.0 Å². The summed E-state index contributed by atoms with van der Waals surface area (Å²) < 4.78 is 8.39.